The number of hydrogen-bond acceptors (Lipinski definition) is 2. The standard InChI is InChI=1S/C8H8BrClN2/c9-6-3-12-8(10)2-4(6)5-1-7(5)11/h2-3,5,7H,1,11H2/t5-,7+/m0/s1. The topological polar surface area (TPSA) is 38.9 Å². The van der Waals surface area contributed by atoms with E-state index in [4.69, 9.17) is 17.3 Å². The van der Waals surface area contributed by atoms with Crippen LogP contribution in [0.1, 0.15) is 17.9 Å². The molecule has 1 aliphatic rings. The summed E-state index contributed by atoms with van der Waals surface area (Å²) in [6.45, 7) is 0. The first-order valence-electron chi connectivity index (χ1n) is 3.75. The minimum atomic E-state index is 0.305. The summed E-state index contributed by atoms with van der Waals surface area (Å²) >= 11 is 9.19. The van der Waals surface area contributed by atoms with Gasteiger partial charge in [0.15, 0.2) is 0 Å². The molecule has 0 unspecified atom stereocenters. The van der Waals surface area contributed by atoms with Crippen LogP contribution >= 0.6 is 27.5 Å². The number of halogens is 2. The Morgan fingerprint density at radius 1 is 1.67 bits per heavy atom. The Morgan fingerprint density at radius 2 is 2.33 bits per heavy atom. The molecule has 0 amide bonds. The van der Waals surface area contributed by atoms with Crippen molar-refractivity contribution in [1.29, 1.82) is 0 Å². The summed E-state index contributed by atoms with van der Waals surface area (Å²) in [5, 5.41) is 0.535. The van der Waals surface area contributed by atoms with E-state index in [-0.39, 0.29) is 0 Å². The van der Waals surface area contributed by atoms with Crippen molar-refractivity contribution in [3.05, 3.63) is 27.5 Å². The fourth-order valence-electron chi connectivity index (χ4n) is 1.28. The van der Waals surface area contributed by atoms with Gasteiger partial charge in [0, 0.05) is 22.6 Å². The molecule has 2 N–H and O–H groups in total. The summed E-state index contributed by atoms with van der Waals surface area (Å²) in [5.74, 6) is 0.472. The van der Waals surface area contributed by atoms with Gasteiger partial charge in [0.2, 0.25) is 0 Å². The lowest BCUT2D eigenvalue weighted by Gasteiger charge is -2.01. The van der Waals surface area contributed by atoms with Crippen LogP contribution in [0.25, 0.3) is 0 Å². The van der Waals surface area contributed by atoms with Gasteiger partial charge in [-0.15, -0.1) is 0 Å². The predicted octanol–water partition coefficient (Wildman–Crippen LogP) is 2.31. The Morgan fingerprint density at radius 3 is 2.92 bits per heavy atom. The van der Waals surface area contributed by atoms with Crippen molar-refractivity contribution in [1.82, 2.24) is 4.98 Å². The lowest BCUT2D eigenvalue weighted by Crippen LogP contribution is -2.01. The third-order valence-electron chi connectivity index (χ3n) is 2.09. The van der Waals surface area contributed by atoms with Crippen LogP contribution in [-0.2, 0) is 0 Å². The third-order valence-corrected chi connectivity index (χ3v) is 2.96. The number of aromatic nitrogens is 1. The fourth-order valence-corrected chi connectivity index (χ4v) is 1.96. The zero-order chi connectivity index (χ0) is 8.72. The van der Waals surface area contributed by atoms with Crippen molar-refractivity contribution in [2.24, 2.45) is 5.73 Å². The molecule has 64 valence electrons. The highest BCUT2D eigenvalue weighted by Crippen LogP contribution is 2.42. The molecule has 4 heteroatoms. The van der Waals surface area contributed by atoms with E-state index in [2.05, 4.69) is 20.9 Å². The molecular formula is C8H8BrClN2. The highest BCUT2D eigenvalue weighted by Gasteiger charge is 2.36. The highest BCUT2D eigenvalue weighted by molar-refractivity contribution is 9.10. The molecule has 2 atom stereocenters. The average Bonchev–Trinajstić information content (AvgIpc) is 2.73. The summed E-state index contributed by atoms with van der Waals surface area (Å²) in [4.78, 5) is 3.95. The van der Waals surface area contributed by atoms with E-state index in [1.165, 1.54) is 5.56 Å². The van der Waals surface area contributed by atoms with Gasteiger partial charge in [0.25, 0.3) is 0 Å². The van der Waals surface area contributed by atoms with E-state index in [1.54, 1.807) is 6.20 Å². The molecule has 0 aliphatic heterocycles. The van der Waals surface area contributed by atoms with Crippen LogP contribution in [0.4, 0.5) is 0 Å². The maximum atomic E-state index is 5.76. The zero-order valence-electron chi connectivity index (χ0n) is 6.30. The van der Waals surface area contributed by atoms with Gasteiger partial charge < -0.3 is 5.73 Å². The minimum Gasteiger partial charge on any atom is -0.327 e. The summed E-state index contributed by atoms with van der Waals surface area (Å²) in [6.07, 6.45) is 2.78. The molecule has 1 fully saturated rings. The van der Waals surface area contributed by atoms with Crippen molar-refractivity contribution in [2.45, 2.75) is 18.4 Å². The van der Waals surface area contributed by atoms with Gasteiger partial charge in [-0.2, -0.15) is 0 Å². The van der Waals surface area contributed by atoms with Crippen LogP contribution in [-0.4, -0.2) is 11.0 Å². The second kappa shape index (κ2) is 2.98. The number of pyridine rings is 1. The lowest BCUT2D eigenvalue weighted by atomic mass is 10.2. The van der Waals surface area contributed by atoms with Gasteiger partial charge >= 0.3 is 0 Å². The van der Waals surface area contributed by atoms with Crippen LogP contribution in [0, 0.1) is 0 Å². The van der Waals surface area contributed by atoms with Gasteiger partial charge in [-0.1, -0.05) is 11.6 Å². The molecule has 1 aliphatic carbocycles. The Labute approximate surface area is 84.3 Å². The molecule has 0 radical (unpaired) electrons. The Bertz CT molecular complexity index is 316. The molecule has 12 heavy (non-hydrogen) atoms. The number of nitrogens with zero attached hydrogens (tertiary/aromatic N) is 1. The van der Waals surface area contributed by atoms with E-state index in [1.807, 2.05) is 6.07 Å². The highest BCUT2D eigenvalue weighted by atomic mass is 79.9. The maximum absolute atomic E-state index is 5.76. The Kier molecular flexibility index (Phi) is 2.10. The summed E-state index contributed by atoms with van der Waals surface area (Å²) in [7, 11) is 0. The van der Waals surface area contributed by atoms with Gasteiger partial charge in [-0.05, 0) is 34.0 Å². The monoisotopic (exact) mass is 246 g/mol. The Balaban J connectivity index is 2.36. The lowest BCUT2D eigenvalue weighted by molar-refractivity contribution is 0.980. The van der Waals surface area contributed by atoms with E-state index in [0.717, 1.165) is 10.9 Å². The van der Waals surface area contributed by atoms with Crippen LogP contribution < -0.4 is 5.73 Å². The normalized spacial score (nSPS) is 27.2. The van der Waals surface area contributed by atoms with Crippen LogP contribution in [0.2, 0.25) is 5.15 Å². The number of nitrogens with two attached hydrogens (primary N) is 1. The number of hydrogen-bond donors (Lipinski definition) is 1. The van der Waals surface area contributed by atoms with Crippen LogP contribution in [0.5, 0.6) is 0 Å². The molecule has 1 aromatic heterocycles. The second-order valence-electron chi connectivity index (χ2n) is 3.03. The molecule has 0 bridgehead atoms. The van der Waals surface area contributed by atoms with Gasteiger partial charge in [0.05, 0.1) is 0 Å². The molecule has 2 nitrogen and oxygen atoms in total. The van der Waals surface area contributed by atoms with Crippen molar-refractivity contribution in [2.75, 3.05) is 0 Å². The van der Waals surface area contributed by atoms with Crippen molar-refractivity contribution in [3.63, 3.8) is 0 Å². The summed E-state index contributed by atoms with van der Waals surface area (Å²) < 4.78 is 1.00. The molecule has 1 heterocycles. The SMILES string of the molecule is N[C@@H]1C[C@H]1c1cc(Cl)ncc1Br. The molecule has 2 rings (SSSR count). The summed E-state index contributed by atoms with van der Waals surface area (Å²) in [6, 6.07) is 2.18. The minimum absolute atomic E-state index is 0.305. The first kappa shape index (κ1) is 8.48. The molecule has 1 saturated carbocycles. The van der Waals surface area contributed by atoms with E-state index in [9.17, 15) is 0 Å². The van der Waals surface area contributed by atoms with Gasteiger partial charge in [0.1, 0.15) is 5.15 Å². The molecule has 0 saturated heterocycles. The maximum Gasteiger partial charge on any atom is 0.129 e. The van der Waals surface area contributed by atoms with E-state index in [0.29, 0.717) is 17.1 Å². The second-order valence-corrected chi connectivity index (χ2v) is 4.28. The molecule has 0 spiro atoms. The predicted molar refractivity (Wildman–Crippen MR) is 52.3 cm³/mol. The van der Waals surface area contributed by atoms with Crippen molar-refractivity contribution < 1.29 is 0 Å². The quantitative estimate of drug-likeness (QED) is 0.774. The molecular weight excluding hydrogens is 239 g/mol. The van der Waals surface area contributed by atoms with Gasteiger partial charge in [-0.3, -0.25) is 0 Å². The largest absolute Gasteiger partial charge is 0.327 e. The number of rotatable bonds is 1. The third kappa shape index (κ3) is 1.49. The van der Waals surface area contributed by atoms with Crippen molar-refractivity contribution in [3.8, 4) is 0 Å². The smallest absolute Gasteiger partial charge is 0.129 e. The van der Waals surface area contributed by atoms with Crippen LogP contribution in [0.15, 0.2) is 16.7 Å². The van der Waals surface area contributed by atoms with E-state index < -0.39 is 0 Å². The van der Waals surface area contributed by atoms with Crippen molar-refractivity contribution >= 4 is 27.5 Å². The fraction of sp³-hybridized carbons (Fsp3) is 0.375. The van der Waals surface area contributed by atoms with Crippen LogP contribution in [0.3, 0.4) is 0 Å². The Hall–Kier alpha value is -0.120. The molecule has 1 aromatic rings. The first-order chi connectivity index (χ1) is 5.68. The van der Waals surface area contributed by atoms with Gasteiger partial charge in [-0.25, -0.2) is 4.98 Å². The first-order valence-corrected chi connectivity index (χ1v) is 4.92. The average molecular weight is 248 g/mol. The summed E-state index contributed by atoms with van der Waals surface area (Å²) in [5.41, 5.74) is 6.92. The molecule has 0 aromatic carbocycles. The zero-order valence-corrected chi connectivity index (χ0v) is 8.64. The van der Waals surface area contributed by atoms with E-state index >= 15 is 0 Å².